The van der Waals surface area contributed by atoms with Gasteiger partial charge in [-0.2, -0.15) is 13.2 Å². The molecule has 0 spiro atoms. The van der Waals surface area contributed by atoms with Crippen LogP contribution in [0.4, 0.5) is 18.9 Å². The Morgan fingerprint density at radius 2 is 1.85 bits per heavy atom. The van der Waals surface area contributed by atoms with Crippen molar-refractivity contribution in [3.63, 3.8) is 0 Å². The van der Waals surface area contributed by atoms with E-state index in [9.17, 15) is 18.0 Å². The van der Waals surface area contributed by atoms with E-state index in [2.05, 4.69) is 15.5 Å². The van der Waals surface area contributed by atoms with E-state index < -0.39 is 11.7 Å². The standard InChI is InChI=1S/C18H15F3N4OS/c1-12-23-24-17(27-11-16(26)22-14-7-3-2-4-8-14)25(12)15-9-5-6-13(10-15)18(19,20)21/h2-10H,11H2,1H3,(H,22,26). The van der Waals surface area contributed by atoms with Gasteiger partial charge in [-0.15, -0.1) is 10.2 Å². The predicted octanol–water partition coefficient (Wildman–Crippen LogP) is 4.33. The zero-order chi connectivity index (χ0) is 19.4. The molecule has 140 valence electrons. The second-order valence-electron chi connectivity index (χ2n) is 5.62. The smallest absolute Gasteiger partial charge is 0.325 e. The van der Waals surface area contributed by atoms with Crippen LogP contribution in [0.1, 0.15) is 11.4 Å². The highest BCUT2D eigenvalue weighted by Gasteiger charge is 2.30. The van der Waals surface area contributed by atoms with Gasteiger partial charge in [0, 0.05) is 11.4 Å². The number of thioether (sulfide) groups is 1. The number of hydrogen-bond donors (Lipinski definition) is 1. The number of rotatable bonds is 5. The Hall–Kier alpha value is -2.81. The normalized spacial score (nSPS) is 11.4. The first-order valence-electron chi connectivity index (χ1n) is 7.92. The van der Waals surface area contributed by atoms with Gasteiger partial charge in [-0.05, 0) is 37.3 Å². The molecule has 1 heterocycles. The third-order valence-corrected chi connectivity index (χ3v) is 4.55. The Bertz CT molecular complexity index is 941. The first-order valence-corrected chi connectivity index (χ1v) is 8.90. The van der Waals surface area contributed by atoms with Crippen molar-refractivity contribution >= 4 is 23.4 Å². The second-order valence-corrected chi connectivity index (χ2v) is 6.56. The molecule has 0 saturated heterocycles. The third-order valence-electron chi connectivity index (χ3n) is 3.62. The van der Waals surface area contributed by atoms with Crippen LogP contribution >= 0.6 is 11.8 Å². The highest BCUT2D eigenvalue weighted by molar-refractivity contribution is 7.99. The van der Waals surface area contributed by atoms with Crippen LogP contribution in [0.5, 0.6) is 0 Å². The molecule has 9 heteroatoms. The van der Waals surface area contributed by atoms with Crippen LogP contribution in [-0.4, -0.2) is 26.4 Å². The van der Waals surface area contributed by atoms with Crippen molar-refractivity contribution in [3.8, 4) is 5.69 Å². The summed E-state index contributed by atoms with van der Waals surface area (Å²) in [7, 11) is 0. The van der Waals surface area contributed by atoms with Gasteiger partial charge >= 0.3 is 6.18 Å². The van der Waals surface area contributed by atoms with E-state index in [1.54, 1.807) is 37.3 Å². The van der Waals surface area contributed by atoms with Gasteiger partial charge in [-0.25, -0.2) is 0 Å². The molecule has 5 nitrogen and oxygen atoms in total. The Morgan fingerprint density at radius 1 is 1.11 bits per heavy atom. The monoisotopic (exact) mass is 392 g/mol. The number of hydrogen-bond acceptors (Lipinski definition) is 4. The molecular weight excluding hydrogens is 377 g/mol. The van der Waals surface area contributed by atoms with Gasteiger partial charge in [0.25, 0.3) is 0 Å². The fraction of sp³-hybridized carbons (Fsp3) is 0.167. The molecule has 1 amide bonds. The summed E-state index contributed by atoms with van der Waals surface area (Å²) in [6, 6.07) is 13.9. The van der Waals surface area contributed by atoms with Crippen molar-refractivity contribution in [2.45, 2.75) is 18.3 Å². The zero-order valence-electron chi connectivity index (χ0n) is 14.2. The van der Waals surface area contributed by atoms with Gasteiger partial charge in [0.2, 0.25) is 5.91 Å². The number of aromatic nitrogens is 3. The molecule has 1 N–H and O–H groups in total. The molecule has 0 radical (unpaired) electrons. The second kappa shape index (κ2) is 7.83. The van der Waals surface area contributed by atoms with Crippen LogP contribution < -0.4 is 5.32 Å². The molecule has 0 saturated carbocycles. The molecular formula is C18H15F3N4OS. The molecule has 2 aromatic carbocycles. The van der Waals surface area contributed by atoms with Crippen molar-refractivity contribution in [1.82, 2.24) is 14.8 Å². The quantitative estimate of drug-likeness (QED) is 0.657. The number of alkyl halides is 3. The molecule has 3 aromatic rings. The van der Waals surface area contributed by atoms with E-state index in [0.29, 0.717) is 22.4 Å². The summed E-state index contributed by atoms with van der Waals surface area (Å²) >= 11 is 1.10. The Morgan fingerprint density at radius 3 is 2.56 bits per heavy atom. The average Bonchev–Trinajstić information content (AvgIpc) is 3.01. The predicted molar refractivity (Wildman–Crippen MR) is 96.9 cm³/mol. The van der Waals surface area contributed by atoms with Gasteiger partial charge < -0.3 is 5.32 Å². The number of anilines is 1. The summed E-state index contributed by atoms with van der Waals surface area (Å²) in [5.74, 6) is 0.231. The first-order chi connectivity index (χ1) is 12.8. The number of carbonyl (C=O) groups is 1. The molecule has 27 heavy (non-hydrogen) atoms. The fourth-order valence-corrected chi connectivity index (χ4v) is 3.20. The lowest BCUT2D eigenvalue weighted by atomic mass is 10.2. The number of carbonyl (C=O) groups excluding carboxylic acids is 1. The number of nitrogens with one attached hydrogen (secondary N) is 1. The fourth-order valence-electron chi connectivity index (χ4n) is 2.40. The maximum Gasteiger partial charge on any atom is 0.416 e. The van der Waals surface area contributed by atoms with Crippen molar-refractivity contribution in [3.05, 3.63) is 66.0 Å². The topological polar surface area (TPSA) is 59.8 Å². The molecule has 3 rings (SSSR count). The van der Waals surface area contributed by atoms with Crippen molar-refractivity contribution in [2.75, 3.05) is 11.1 Å². The first kappa shape index (κ1) is 19.0. The summed E-state index contributed by atoms with van der Waals surface area (Å²) in [5, 5.41) is 11.0. The highest BCUT2D eigenvalue weighted by Crippen LogP contribution is 2.31. The lowest BCUT2D eigenvalue weighted by molar-refractivity contribution is -0.137. The third kappa shape index (κ3) is 4.68. The minimum absolute atomic E-state index is 0.0476. The summed E-state index contributed by atoms with van der Waals surface area (Å²) < 4.78 is 40.4. The van der Waals surface area contributed by atoms with Crippen molar-refractivity contribution in [2.24, 2.45) is 0 Å². The van der Waals surface area contributed by atoms with Crippen LogP contribution in [-0.2, 0) is 11.0 Å². The molecule has 0 aliphatic rings. The minimum atomic E-state index is -4.44. The van der Waals surface area contributed by atoms with E-state index in [0.717, 1.165) is 23.9 Å². The largest absolute Gasteiger partial charge is 0.416 e. The van der Waals surface area contributed by atoms with Crippen LogP contribution in [0.3, 0.4) is 0 Å². The van der Waals surface area contributed by atoms with E-state index >= 15 is 0 Å². The highest BCUT2D eigenvalue weighted by atomic mass is 32.2. The van der Waals surface area contributed by atoms with Crippen molar-refractivity contribution in [1.29, 1.82) is 0 Å². The number of halogens is 3. The molecule has 0 atom stereocenters. The van der Waals surface area contributed by atoms with E-state index in [1.165, 1.54) is 10.6 Å². The molecule has 1 aromatic heterocycles. The molecule has 0 aliphatic carbocycles. The van der Waals surface area contributed by atoms with Crippen LogP contribution in [0.25, 0.3) is 5.69 Å². The number of para-hydroxylation sites is 1. The van der Waals surface area contributed by atoms with Gasteiger partial charge in [-0.3, -0.25) is 9.36 Å². The van der Waals surface area contributed by atoms with Crippen LogP contribution in [0, 0.1) is 6.92 Å². The zero-order valence-corrected chi connectivity index (χ0v) is 15.0. The Kier molecular flexibility index (Phi) is 5.50. The lowest BCUT2D eigenvalue weighted by Crippen LogP contribution is -2.14. The SMILES string of the molecule is Cc1nnc(SCC(=O)Nc2ccccc2)n1-c1cccc(C(F)(F)F)c1. The number of benzene rings is 2. The minimum Gasteiger partial charge on any atom is -0.325 e. The number of aryl methyl sites for hydroxylation is 1. The molecule has 0 bridgehead atoms. The van der Waals surface area contributed by atoms with Gasteiger partial charge in [-0.1, -0.05) is 36.0 Å². The van der Waals surface area contributed by atoms with E-state index in [1.807, 2.05) is 6.07 Å². The van der Waals surface area contributed by atoms with Gasteiger partial charge in [0.05, 0.1) is 11.3 Å². The Balaban J connectivity index is 1.76. The van der Waals surface area contributed by atoms with Crippen LogP contribution in [0.2, 0.25) is 0 Å². The average molecular weight is 392 g/mol. The molecule has 0 unspecified atom stereocenters. The summed E-state index contributed by atoms with van der Waals surface area (Å²) in [5.41, 5.74) is 0.197. The molecule has 0 aliphatic heterocycles. The van der Waals surface area contributed by atoms with E-state index in [4.69, 9.17) is 0 Å². The van der Waals surface area contributed by atoms with Crippen LogP contribution in [0.15, 0.2) is 59.8 Å². The molecule has 0 fully saturated rings. The van der Waals surface area contributed by atoms with Gasteiger partial charge in [0.15, 0.2) is 5.16 Å². The summed E-state index contributed by atoms with van der Waals surface area (Å²) in [6.07, 6.45) is -4.44. The summed E-state index contributed by atoms with van der Waals surface area (Å²) in [6.45, 7) is 1.64. The number of amides is 1. The van der Waals surface area contributed by atoms with E-state index in [-0.39, 0.29) is 11.7 Å². The Labute approximate surface area is 157 Å². The lowest BCUT2D eigenvalue weighted by Gasteiger charge is -2.12. The van der Waals surface area contributed by atoms with Gasteiger partial charge in [0.1, 0.15) is 5.82 Å². The van der Waals surface area contributed by atoms with Crippen molar-refractivity contribution < 1.29 is 18.0 Å². The maximum absolute atomic E-state index is 13.0. The maximum atomic E-state index is 13.0. The number of nitrogens with zero attached hydrogens (tertiary/aromatic N) is 3. The summed E-state index contributed by atoms with van der Waals surface area (Å²) in [4.78, 5) is 12.1.